The summed E-state index contributed by atoms with van der Waals surface area (Å²) < 4.78 is 4.93. The first-order valence-corrected chi connectivity index (χ1v) is 19.7. The highest BCUT2D eigenvalue weighted by Crippen LogP contribution is 2.42. The summed E-state index contributed by atoms with van der Waals surface area (Å²) in [5, 5.41) is 10.9. The molecule has 0 N–H and O–H groups in total. The van der Waals surface area contributed by atoms with Gasteiger partial charge in [0.05, 0.1) is 22.1 Å². The molecule has 3 heteroatoms. The third-order valence-corrected chi connectivity index (χ3v) is 16.1. The second-order valence-corrected chi connectivity index (χ2v) is 17.4. The standard InChI is InChI=1S/C48H32N2Si/c1-4-16-33(17-5-1)49-41-25-13-10-23-39(41)47-43(49)30-31-44-48(47)40-24-11-14-26-42(40)50(44)34-28-29-38-37-22-12-15-27-45(37)51(46(38)32-34,35-18-6-2-7-19-35)36-20-8-3-9-21-36/h1-32H. The minimum atomic E-state index is -2.64. The molecule has 0 saturated heterocycles. The number of nitrogens with zero attached hydrogens (tertiary/aromatic N) is 2. The predicted octanol–water partition coefficient (Wildman–Crippen LogP) is 9.24. The van der Waals surface area contributed by atoms with E-state index in [-0.39, 0.29) is 0 Å². The third kappa shape index (κ3) is 3.81. The van der Waals surface area contributed by atoms with Crippen molar-refractivity contribution < 1.29 is 0 Å². The molecule has 51 heavy (non-hydrogen) atoms. The summed E-state index contributed by atoms with van der Waals surface area (Å²) in [4.78, 5) is 0. The fraction of sp³-hybridized carbons (Fsp3) is 0. The molecule has 1 aliphatic heterocycles. The number of hydrogen-bond acceptors (Lipinski definition) is 0. The molecule has 0 spiro atoms. The zero-order valence-electron chi connectivity index (χ0n) is 27.9. The maximum atomic E-state index is 2.53. The van der Waals surface area contributed by atoms with E-state index in [9.17, 15) is 0 Å². The van der Waals surface area contributed by atoms with Crippen molar-refractivity contribution in [1.82, 2.24) is 9.13 Å². The Balaban J connectivity index is 1.25. The molecule has 0 aliphatic carbocycles. The molecular formula is C48H32N2Si. The van der Waals surface area contributed by atoms with Crippen molar-refractivity contribution in [3.05, 3.63) is 194 Å². The van der Waals surface area contributed by atoms with Crippen LogP contribution >= 0.6 is 0 Å². The van der Waals surface area contributed by atoms with Crippen LogP contribution in [0.4, 0.5) is 0 Å². The van der Waals surface area contributed by atoms with Gasteiger partial charge in [0.25, 0.3) is 0 Å². The molecule has 0 radical (unpaired) electrons. The molecule has 11 rings (SSSR count). The lowest BCUT2D eigenvalue weighted by atomic mass is 10.1. The SMILES string of the molecule is c1ccc(-n2c3ccccc3c3c4c5ccccc5n(-c5ccc6c(c5)[Si](c5ccccc5)(c5ccccc5)c5ccccc5-6)c4ccc32)cc1. The van der Waals surface area contributed by atoms with Gasteiger partial charge in [0.2, 0.25) is 0 Å². The van der Waals surface area contributed by atoms with Crippen LogP contribution in [0.3, 0.4) is 0 Å². The molecule has 0 unspecified atom stereocenters. The third-order valence-electron chi connectivity index (χ3n) is 11.2. The Bertz CT molecular complexity index is 2920. The number of aromatic nitrogens is 2. The smallest absolute Gasteiger partial charge is 0.180 e. The van der Waals surface area contributed by atoms with Crippen molar-refractivity contribution in [2.24, 2.45) is 0 Å². The predicted molar refractivity (Wildman–Crippen MR) is 218 cm³/mol. The van der Waals surface area contributed by atoms with Gasteiger partial charge in [-0.25, -0.2) is 0 Å². The van der Waals surface area contributed by atoms with E-state index in [0.717, 1.165) is 0 Å². The summed E-state index contributed by atoms with van der Waals surface area (Å²) in [6, 6.07) is 72.2. The first-order valence-electron chi connectivity index (χ1n) is 17.7. The van der Waals surface area contributed by atoms with E-state index in [4.69, 9.17) is 0 Å². The van der Waals surface area contributed by atoms with Gasteiger partial charge >= 0.3 is 0 Å². The molecule has 0 bridgehead atoms. The molecule has 10 aromatic rings. The monoisotopic (exact) mass is 664 g/mol. The van der Waals surface area contributed by atoms with Crippen LogP contribution < -0.4 is 20.7 Å². The van der Waals surface area contributed by atoms with Crippen LogP contribution in [0.15, 0.2) is 194 Å². The zero-order chi connectivity index (χ0) is 33.5. The van der Waals surface area contributed by atoms with E-state index >= 15 is 0 Å². The fourth-order valence-corrected chi connectivity index (χ4v) is 14.4. The molecule has 8 aromatic carbocycles. The Hall–Kier alpha value is -6.42. The van der Waals surface area contributed by atoms with Crippen LogP contribution in [-0.4, -0.2) is 17.2 Å². The van der Waals surface area contributed by atoms with Crippen LogP contribution in [0.2, 0.25) is 0 Å². The van der Waals surface area contributed by atoms with Crippen LogP contribution in [0.1, 0.15) is 0 Å². The number of hydrogen-bond donors (Lipinski definition) is 0. The van der Waals surface area contributed by atoms with Gasteiger partial charge in [-0.3, -0.25) is 0 Å². The van der Waals surface area contributed by atoms with Crippen LogP contribution in [0.5, 0.6) is 0 Å². The van der Waals surface area contributed by atoms with Gasteiger partial charge in [-0.2, -0.15) is 0 Å². The van der Waals surface area contributed by atoms with Gasteiger partial charge < -0.3 is 9.13 Å². The van der Waals surface area contributed by atoms with Crippen molar-refractivity contribution in [3.63, 3.8) is 0 Å². The van der Waals surface area contributed by atoms with Crippen LogP contribution in [0.25, 0.3) is 66.1 Å². The highest BCUT2D eigenvalue weighted by molar-refractivity contribution is 7.22. The second kappa shape index (κ2) is 10.8. The molecule has 1 aliphatic rings. The number of rotatable bonds is 4. The Morgan fingerprint density at radius 1 is 0.314 bits per heavy atom. The molecule has 0 amide bonds. The largest absolute Gasteiger partial charge is 0.309 e. The van der Waals surface area contributed by atoms with Crippen molar-refractivity contribution >= 4 is 72.4 Å². The molecule has 2 nitrogen and oxygen atoms in total. The highest BCUT2D eigenvalue weighted by Gasteiger charge is 2.48. The zero-order valence-corrected chi connectivity index (χ0v) is 28.9. The summed E-state index contributed by atoms with van der Waals surface area (Å²) in [6.45, 7) is 0. The lowest BCUT2D eigenvalue weighted by Gasteiger charge is -2.31. The number of para-hydroxylation sites is 3. The molecule has 2 aromatic heterocycles. The molecule has 0 atom stereocenters. The van der Waals surface area contributed by atoms with Gasteiger partial charge in [0.1, 0.15) is 0 Å². The van der Waals surface area contributed by atoms with E-state index in [1.807, 2.05) is 0 Å². The lowest BCUT2D eigenvalue weighted by molar-refractivity contribution is 1.17. The highest BCUT2D eigenvalue weighted by atomic mass is 28.3. The van der Waals surface area contributed by atoms with Crippen molar-refractivity contribution in [2.45, 2.75) is 0 Å². The quantitative estimate of drug-likeness (QED) is 0.166. The van der Waals surface area contributed by atoms with Gasteiger partial charge in [0.15, 0.2) is 8.07 Å². The van der Waals surface area contributed by atoms with Gasteiger partial charge in [-0.05, 0) is 80.4 Å². The molecular weight excluding hydrogens is 633 g/mol. The van der Waals surface area contributed by atoms with E-state index in [1.54, 1.807) is 0 Å². The molecule has 0 fully saturated rings. The Morgan fingerprint density at radius 2 is 0.784 bits per heavy atom. The first kappa shape index (κ1) is 28.4. The fourth-order valence-electron chi connectivity index (χ4n) is 9.22. The molecule has 238 valence electrons. The topological polar surface area (TPSA) is 9.86 Å². The Labute approximate surface area is 297 Å². The Kier molecular flexibility index (Phi) is 6.01. The maximum Gasteiger partial charge on any atom is 0.180 e. The minimum Gasteiger partial charge on any atom is -0.309 e. The average Bonchev–Trinajstić information content (AvgIpc) is 3.83. The normalized spacial score (nSPS) is 13.3. The van der Waals surface area contributed by atoms with Crippen molar-refractivity contribution in [1.29, 1.82) is 0 Å². The summed E-state index contributed by atoms with van der Waals surface area (Å²) in [5.74, 6) is 0. The van der Waals surface area contributed by atoms with Gasteiger partial charge in [-0.15, -0.1) is 0 Å². The van der Waals surface area contributed by atoms with E-state index in [2.05, 4.69) is 203 Å². The summed E-state index contributed by atoms with van der Waals surface area (Å²) >= 11 is 0. The summed E-state index contributed by atoms with van der Waals surface area (Å²) in [6.07, 6.45) is 0. The molecule has 0 saturated carbocycles. The van der Waals surface area contributed by atoms with E-state index in [1.165, 1.54) is 86.9 Å². The maximum absolute atomic E-state index is 2.64. The summed E-state index contributed by atoms with van der Waals surface area (Å²) in [7, 11) is -2.64. The average molecular weight is 665 g/mol. The number of benzene rings is 8. The second-order valence-electron chi connectivity index (χ2n) is 13.7. The summed E-state index contributed by atoms with van der Waals surface area (Å²) in [5.41, 5.74) is 9.97. The number of fused-ring (bicyclic) bond motifs is 10. The Morgan fingerprint density at radius 3 is 1.39 bits per heavy atom. The van der Waals surface area contributed by atoms with E-state index < -0.39 is 8.07 Å². The lowest BCUT2D eigenvalue weighted by Crippen LogP contribution is -2.72. The minimum absolute atomic E-state index is 1.17. The van der Waals surface area contributed by atoms with Crippen LogP contribution in [0, 0.1) is 0 Å². The molecule has 3 heterocycles. The van der Waals surface area contributed by atoms with Gasteiger partial charge in [-0.1, -0.05) is 146 Å². The van der Waals surface area contributed by atoms with Crippen molar-refractivity contribution in [3.8, 4) is 22.5 Å². The van der Waals surface area contributed by atoms with Gasteiger partial charge in [0, 0.05) is 32.9 Å². The van der Waals surface area contributed by atoms with Crippen molar-refractivity contribution in [2.75, 3.05) is 0 Å². The first-order chi connectivity index (χ1) is 25.3. The van der Waals surface area contributed by atoms with Crippen LogP contribution in [-0.2, 0) is 0 Å². The van der Waals surface area contributed by atoms with E-state index in [0.29, 0.717) is 0 Å².